The third-order valence-corrected chi connectivity index (χ3v) is 4.02. The van der Waals surface area contributed by atoms with Gasteiger partial charge in [-0.3, -0.25) is 4.90 Å². The number of nitrogens with zero attached hydrogens (tertiary/aromatic N) is 1. The minimum atomic E-state index is -4.27. The molecule has 1 aromatic carbocycles. The van der Waals surface area contributed by atoms with Crippen molar-refractivity contribution in [1.82, 2.24) is 10.2 Å². The minimum absolute atomic E-state index is 0. The molecule has 1 aliphatic heterocycles. The highest BCUT2D eigenvalue weighted by atomic mass is 35.5. The highest BCUT2D eigenvalue weighted by Crippen LogP contribution is 2.33. The Morgan fingerprint density at radius 2 is 1.91 bits per heavy atom. The molecule has 1 atom stereocenters. The number of hydrogen-bond donors (Lipinski definition) is 1. The van der Waals surface area contributed by atoms with E-state index in [1.165, 1.54) is 12.1 Å². The third-order valence-electron chi connectivity index (χ3n) is 4.02. The van der Waals surface area contributed by atoms with Crippen molar-refractivity contribution in [3.8, 4) is 0 Å². The molecule has 0 radical (unpaired) electrons. The molecule has 0 amide bonds. The molecule has 1 N–H and O–H groups in total. The third kappa shape index (κ3) is 5.14. The van der Waals surface area contributed by atoms with Crippen LogP contribution in [0.4, 0.5) is 13.2 Å². The van der Waals surface area contributed by atoms with Crippen LogP contribution in [-0.2, 0) is 6.18 Å². The first-order chi connectivity index (χ1) is 10.0. The number of piperazine rings is 1. The van der Waals surface area contributed by atoms with Gasteiger partial charge in [0.25, 0.3) is 0 Å². The number of hydrogen-bond acceptors (Lipinski definition) is 2. The zero-order valence-electron chi connectivity index (χ0n) is 12.8. The van der Waals surface area contributed by atoms with Crippen LogP contribution in [0.1, 0.15) is 43.4 Å². The second-order valence-corrected chi connectivity index (χ2v) is 5.57. The van der Waals surface area contributed by atoms with E-state index in [1.54, 1.807) is 0 Å². The summed E-state index contributed by atoms with van der Waals surface area (Å²) in [6.45, 7) is 5.71. The Labute approximate surface area is 136 Å². The van der Waals surface area contributed by atoms with E-state index < -0.39 is 11.7 Å². The van der Waals surface area contributed by atoms with Gasteiger partial charge in [-0.1, -0.05) is 31.9 Å². The Morgan fingerprint density at radius 3 is 2.50 bits per heavy atom. The maximum absolute atomic E-state index is 12.9. The fourth-order valence-electron chi connectivity index (χ4n) is 2.87. The smallest absolute Gasteiger partial charge is 0.314 e. The van der Waals surface area contributed by atoms with Crippen LogP contribution in [-0.4, -0.2) is 31.1 Å². The SMILES string of the molecule is CCCC[C@H](c1cccc(C(F)(F)F)c1)N1CCNCC1.Cl. The number of halogens is 4. The quantitative estimate of drug-likeness (QED) is 0.864. The molecule has 2 rings (SSSR count). The van der Waals surface area contributed by atoms with Crippen LogP contribution >= 0.6 is 12.4 Å². The van der Waals surface area contributed by atoms with Crippen LogP contribution in [0.5, 0.6) is 0 Å². The van der Waals surface area contributed by atoms with E-state index in [4.69, 9.17) is 0 Å². The standard InChI is InChI=1S/C16H23F3N2.ClH/c1-2-3-7-15(21-10-8-20-9-11-21)13-5-4-6-14(12-13)16(17,18)19;/h4-6,12,15,20H,2-3,7-11H2,1H3;1H/t15-;/m1./s1. The number of alkyl halides is 3. The van der Waals surface area contributed by atoms with Crippen LogP contribution in [0.15, 0.2) is 24.3 Å². The summed E-state index contributed by atoms with van der Waals surface area (Å²) in [7, 11) is 0. The van der Waals surface area contributed by atoms with Crippen LogP contribution in [0.3, 0.4) is 0 Å². The van der Waals surface area contributed by atoms with E-state index in [2.05, 4.69) is 17.1 Å². The molecule has 2 nitrogen and oxygen atoms in total. The van der Waals surface area contributed by atoms with E-state index in [0.717, 1.165) is 57.1 Å². The maximum Gasteiger partial charge on any atom is 0.416 e. The summed E-state index contributed by atoms with van der Waals surface area (Å²) in [5.41, 5.74) is 0.247. The largest absolute Gasteiger partial charge is 0.416 e. The van der Waals surface area contributed by atoms with E-state index in [9.17, 15) is 13.2 Å². The first-order valence-electron chi connectivity index (χ1n) is 7.64. The number of nitrogens with one attached hydrogen (secondary N) is 1. The summed E-state index contributed by atoms with van der Waals surface area (Å²) in [6.07, 6.45) is -1.26. The molecular weight excluding hydrogens is 313 g/mol. The molecule has 0 spiro atoms. The van der Waals surface area contributed by atoms with Crippen molar-refractivity contribution in [2.75, 3.05) is 26.2 Å². The molecule has 126 valence electrons. The van der Waals surface area contributed by atoms with Crippen LogP contribution in [0, 0.1) is 0 Å². The van der Waals surface area contributed by atoms with E-state index in [1.807, 2.05) is 6.07 Å². The van der Waals surface area contributed by atoms with Crippen molar-refractivity contribution in [2.45, 2.75) is 38.4 Å². The molecule has 1 aliphatic rings. The Morgan fingerprint density at radius 1 is 1.23 bits per heavy atom. The molecule has 0 aromatic heterocycles. The van der Waals surface area contributed by atoms with Crippen molar-refractivity contribution in [1.29, 1.82) is 0 Å². The topological polar surface area (TPSA) is 15.3 Å². The summed E-state index contributed by atoms with van der Waals surface area (Å²) < 4.78 is 38.7. The zero-order valence-corrected chi connectivity index (χ0v) is 13.6. The van der Waals surface area contributed by atoms with Crippen LogP contribution < -0.4 is 5.32 Å². The number of rotatable bonds is 5. The van der Waals surface area contributed by atoms with Gasteiger partial charge in [0.1, 0.15) is 0 Å². The minimum Gasteiger partial charge on any atom is -0.314 e. The van der Waals surface area contributed by atoms with Crippen molar-refractivity contribution in [3.63, 3.8) is 0 Å². The van der Waals surface area contributed by atoms with Crippen molar-refractivity contribution in [2.24, 2.45) is 0 Å². The molecule has 0 aliphatic carbocycles. The van der Waals surface area contributed by atoms with Gasteiger partial charge in [0.05, 0.1) is 5.56 Å². The Hall–Kier alpha value is -0.780. The maximum atomic E-state index is 12.9. The van der Waals surface area contributed by atoms with Crippen molar-refractivity contribution in [3.05, 3.63) is 35.4 Å². The Balaban J connectivity index is 0.00000242. The molecular formula is C16H24ClF3N2. The zero-order chi connectivity index (χ0) is 15.3. The fourth-order valence-corrected chi connectivity index (χ4v) is 2.87. The molecule has 1 aromatic rings. The summed E-state index contributed by atoms with van der Waals surface area (Å²) in [5.74, 6) is 0. The fraction of sp³-hybridized carbons (Fsp3) is 0.625. The van der Waals surface area contributed by atoms with Crippen molar-refractivity contribution < 1.29 is 13.2 Å². The lowest BCUT2D eigenvalue weighted by molar-refractivity contribution is -0.137. The molecule has 22 heavy (non-hydrogen) atoms. The van der Waals surface area contributed by atoms with Gasteiger partial charge in [0.2, 0.25) is 0 Å². The Bertz CT molecular complexity index is 445. The first-order valence-corrected chi connectivity index (χ1v) is 7.64. The number of unbranched alkanes of at least 4 members (excludes halogenated alkanes) is 1. The second-order valence-electron chi connectivity index (χ2n) is 5.57. The van der Waals surface area contributed by atoms with Gasteiger partial charge in [0, 0.05) is 32.2 Å². The monoisotopic (exact) mass is 336 g/mol. The van der Waals surface area contributed by atoms with Gasteiger partial charge >= 0.3 is 6.18 Å². The summed E-state index contributed by atoms with van der Waals surface area (Å²) in [5, 5.41) is 3.29. The molecule has 0 bridgehead atoms. The van der Waals surface area contributed by atoms with Crippen molar-refractivity contribution >= 4 is 12.4 Å². The highest BCUT2D eigenvalue weighted by Gasteiger charge is 2.31. The van der Waals surface area contributed by atoms with Gasteiger partial charge < -0.3 is 5.32 Å². The van der Waals surface area contributed by atoms with E-state index in [-0.39, 0.29) is 18.4 Å². The highest BCUT2D eigenvalue weighted by molar-refractivity contribution is 5.85. The predicted octanol–water partition coefficient (Wildman–Crippen LogP) is 4.26. The van der Waals surface area contributed by atoms with Gasteiger partial charge in [-0.25, -0.2) is 0 Å². The molecule has 1 fully saturated rings. The first kappa shape index (κ1) is 19.3. The van der Waals surface area contributed by atoms with Gasteiger partial charge in [-0.15, -0.1) is 12.4 Å². The molecule has 1 saturated heterocycles. The van der Waals surface area contributed by atoms with E-state index in [0.29, 0.717) is 0 Å². The van der Waals surface area contributed by atoms with Crippen LogP contribution in [0.25, 0.3) is 0 Å². The number of benzene rings is 1. The van der Waals surface area contributed by atoms with Gasteiger partial charge in [-0.2, -0.15) is 13.2 Å². The molecule has 1 heterocycles. The van der Waals surface area contributed by atoms with Gasteiger partial charge in [-0.05, 0) is 24.1 Å². The predicted molar refractivity (Wildman–Crippen MR) is 85.4 cm³/mol. The lowest BCUT2D eigenvalue weighted by atomic mass is 9.97. The lowest BCUT2D eigenvalue weighted by Crippen LogP contribution is -2.45. The molecule has 0 unspecified atom stereocenters. The van der Waals surface area contributed by atoms with Crippen LogP contribution in [0.2, 0.25) is 0 Å². The van der Waals surface area contributed by atoms with Gasteiger partial charge in [0.15, 0.2) is 0 Å². The molecule has 6 heteroatoms. The normalized spacial score (nSPS) is 17.8. The summed E-state index contributed by atoms with van der Waals surface area (Å²) >= 11 is 0. The lowest BCUT2D eigenvalue weighted by Gasteiger charge is -2.35. The molecule has 0 saturated carbocycles. The van der Waals surface area contributed by atoms with E-state index >= 15 is 0 Å². The average molecular weight is 337 g/mol. The summed E-state index contributed by atoms with van der Waals surface area (Å²) in [4.78, 5) is 2.31. The Kier molecular flexibility index (Phi) is 7.66. The average Bonchev–Trinajstić information content (AvgIpc) is 2.48. The summed E-state index contributed by atoms with van der Waals surface area (Å²) in [6, 6.07) is 5.92. The second kappa shape index (κ2) is 8.75.